The first-order valence-electron chi connectivity index (χ1n) is 8.16. The van der Waals surface area contributed by atoms with Crippen molar-refractivity contribution in [2.24, 2.45) is 0 Å². The number of halogens is 2. The molecule has 0 aliphatic carbocycles. The van der Waals surface area contributed by atoms with E-state index in [4.69, 9.17) is 32.7 Å². The maximum atomic E-state index is 12.8. The fraction of sp³-hybridized carbons (Fsp3) is 0.500. The average Bonchev–Trinajstić information content (AvgIpc) is 2.59. The van der Waals surface area contributed by atoms with Gasteiger partial charge in [0.05, 0.1) is 28.8 Å². The number of nitrogens with one attached hydrogen (secondary N) is 1. The predicted molar refractivity (Wildman–Crippen MR) is 99.6 cm³/mol. The number of esters is 1. The number of amides is 1. The van der Waals surface area contributed by atoms with E-state index in [1.165, 1.54) is 10.4 Å². The lowest BCUT2D eigenvalue weighted by molar-refractivity contribution is -0.124. The summed E-state index contributed by atoms with van der Waals surface area (Å²) in [4.78, 5) is 23.6. The van der Waals surface area contributed by atoms with Crippen molar-refractivity contribution >= 4 is 45.1 Å². The summed E-state index contributed by atoms with van der Waals surface area (Å²) in [5.74, 6) is -1.40. The van der Waals surface area contributed by atoms with Gasteiger partial charge >= 0.3 is 5.97 Å². The Hall–Kier alpha value is -1.39. The van der Waals surface area contributed by atoms with Crippen LogP contribution in [-0.2, 0) is 24.3 Å². The normalized spacial score (nSPS) is 15.6. The molecule has 2 rings (SSSR count). The van der Waals surface area contributed by atoms with E-state index in [1.54, 1.807) is 13.8 Å². The summed E-state index contributed by atoms with van der Waals surface area (Å²) < 4.78 is 36.9. The number of rotatable bonds is 6. The van der Waals surface area contributed by atoms with Crippen LogP contribution in [0.2, 0.25) is 10.0 Å². The Morgan fingerprint density at radius 1 is 1.22 bits per heavy atom. The minimum atomic E-state index is -3.94. The van der Waals surface area contributed by atoms with Crippen LogP contribution < -0.4 is 5.32 Å². The molecular weight excluding hydrogens is 419 g/mol. The molecule has 1 aliphatic rings. The van der Waals surface area contributed by atoms with E-state index < -0.39 is 28.5 Å². The zero-order chi connectivity index (χ0) is 20.2. The van der Waals surface area contributed by atoms with Crippen molar-refractivity contribution in [3.05, 3.63) is 27.7 Å². The molecule has 1 amide bonds. The van der Waals surface area contributed by atoms with Crippen molar-refractivity contribution < 1.29 is 27.5 Å². The fourth-order valence-electron chi connectivity index (χ4n) is 2.38. The SMILES string of the molecule is CC(C)NC(=O)COC(=O)c1cc(S(=O)(=O)N2CCOCC2)c(Cl)cc1Cl. The van der Waals surface area contributed by atoms with Gasteiger partial charge in [-0.05, 0) is 26.0 Å². The van der Waals surface area contributed by atoms with Gasteiger partial charge in [-0.15, -0.1) is 0 Å². The molecule has 1 heterocycles. The van der Waals surface area contributed by atoms with E-state index >= 15 is 0 Å². The van der Waals surface area contributed by atoms with Gasteiger partial charge in [0, 0.05) is 19.1 Å². The van der Waals surface area contributed by atoms with Gasteiger partial charge in [-0.2, -0.15) is 4.31 Å². The summed E-state index contributed by atoms with van der Waals surface area (Å²) in [7, 11) is -3.94. The van der Waals surface area contributed by atoms with Gasteiger partial charge in [0.25, 0.3) is 5.91 Å². The van der Waals surface area contributed by atoms with E-state index in [2.05, 4.69) is 5.32 Å². The summed E-state index contributed by atoms with van der Waals surface area (Å²) in [5, 5.41) is 2.38. The van der Waals surface area contributed by atoms with Crippen LogP contribution in [0.4, 0.5) is 0 Å². The number of hydrogen-bond donors (Lipinski definition) is 1. The minimum absolute atomic E-state index is 0.0739. The largest absolute Gasteiger partial charge is 0.452 e. The Labute approximate surface area is 167 Å². The molecular formula is C16H20Cl2N2O6S. The molecule has 0 unspecified atom stereocenters. The molecule has 0 aromatic heterocycles. The summed E-state index contributed by atoms with van der Waals surface area (Å²) in [6.45, 7) is 3.90. The Balaban J connectivity index is 2.24. The molecule has 0 radical (unpaired) electrons. The summed E-state index contributed by atoms with van der Waals surface area (Å²) in [5.41, 5.74) is -0.190. The third-order valence-corrected chi connectivity index (χ3v) is 6.29. The van der Waals surface area contributed by atoms with Crippen LogP contribution in [0.15, 0.2) is 17.0 Å². The van der Waals surface area contributed by atoms with Gasteiger partial charge in [-0.3, -0.25) is 4.79 Å². The first-order chi connectivity index (χ1) is 12.6. The highest BCUT2D eigenvalue weighted by atomic mass is 35.5. The molecule has 8 nitrogen and oxygen atoms in total. The van der Waals surface area contributed by atoms with E-state index in [0.717, 1.165) is 6.07 Å². The molecule has 1 aliphatic heterocycles. The molecule has 0 atom stereocenters. The molecule has 11 heteroatoms. The van der Waals surface area contributed by atoms with E-state index in [1.807, 2.05) is 0 Å². The van der Waals surface area contributed by atoms with Gasteiger partial charge < -0.3 is 14.8 Å². The number of ether oxygens (including phenoxy) is 2. The van der Waals surface area contributed by atoms with Crippen LogP contribution in [-0.4, -0.2) is 63.6 Å². The smallest absolute Gasteiger partial charge is 0.340 e. The van der Waals surface area contributed by atoms with Gasteiger partial charge in [-0.1, -0.05) is 23.2 Å². The topological polar surface area (TPSA) is 102 Å². The number of sulfonamides is 1. The monoisotopic (exact) mass is 438 g/mol. The second kappa shape index (κ2) is 9.20. The van der Waals surface area contributed by atoms with Gasteiger partial charge in [-0.25, -0.2) is 13.2 Å². The van der Waals surface area contributed by atoms with E-state index in [-0.39, 0.29) is 52.8 Å². The van der Waals surface area contributed by atoms with Crippen molar-refractivity contribution in [3.63, 3.8) is 0 Å². The molecule has 0 spiro atoms. The lowest BCUT2D eigenvalue weighted by atomic mass is 10.2. The Bertz CT molecular complexity index is 822. The Kier molecular flexibility index (Phi) is 7.47. The lowest BCUT2D eigenvalue weighted by Crippen LogP contribution is -2.40. The second-order valence-electron chi connectivity index (χ2n) is 6.08. The zero-order valence-electron chi connectivity index (χ0n) is 14.8. The van der Waals surface area contributed by atoms with Gasteiger partial charge in [0.15, 0.2) is 6.61 Å². The molecule has 1 N–H and O–H groups in total. The van der Waals surface area contributed by atoms with Gasteiger partial charge in [0.2, 0.25) is 10.0 Å². The van der Waals surface area contributed by atoms with Crippen molar-refractivity contribution in [3.8, 4) is 0 Å². The van der Waals surface area contributed by atoms with Crippen LogP contribution in [0, 0.1) is 0 Å². The maximum absolute atomic E-state index is 12.8. The van der Waals surface area contributed by atoms with Crippen molar-refractivity contribution in [1.82, 2.24) is 9.62 Å². The Morgan fingerprint density at radius 2 is 1.85 bits per heavy atom. The fourth-order valence-corrected chi connectivity index (χ4v) is 4.61. The van der Waals surface area contributed by atoms with E-state index in [9.17, 15) is 18.0 Å². The Morgan fingerprint density at radius 3 is 2.44 bits per heavy atom. The predicted octanol–water partition coefficient (Wildman–Crippen LogP) is 1.70. The van der Waals surface area contributed by atoms with Gasteiger partial charge in [0.1, 0.15) is 4.90 Å². The highest BCUT2D eigenvalue weighted by Crippen LogP contribution is 2.31. The number of carbonyl (C=O) groups is 2. The van der Waals surface area contributed by atoms with Crippen LogP contribution in [0.1, 0.15) is 24.2 Å². The number of morpholine rings is 1. The molecule has 1 aromatic rings. The molecule has 1 saturated heterocycles. The summed E-state index contributed by atoms with van der Waals surface area (Å²) in [6.07, 6.45) is 0. The number of nitrogens with zero attached hydrogens (tertiary/aromatic N) is 1. The molecule has 27 heavy (non-hydrogen) atoms. The minimum Gasteiger partial charge on any atom is -0.452 e. The first-order valence-corrected chi connectivity index (χ1v) is 10.4. The highest BCUT2D eigenvalue weighted by Gasteiger charge is 2.30. The number of carbonyl (C=O) groups excluding carboxylic acids is 2. The van der Waals surface area contributed by atoms with Crippen molar-refractivity contribution in [2.75, 3.05) is 32.9 Å². The standard InChI is InChI=1S/C16H20Cl2N2O6S/c1-10(2)19-15(21)9-26-16(22)11-7-14(13(18)8-12(11)17)27(23,24)20-3-5-25-6-4-20/h7-8,10H,3-6,9H2,1-2H3,(H,19,21). The molecule has 1 aromatic carbocycles. The number of hydrogen-bond acceptors (Lipinski definition) is 6. The number of benzene rings is 1. The van der Waals surface area contributed by atoms with Crippen LogP contribution in [0.3, 0.4) is 0 Å². The molecule has 1 fully saturated rings. The summed E-state index contributed by atoms with van der Waals surface area (Å²) >= 11 is 12.1. The maximum Gasteiger partial charge on any atom is 0.340 e. The first kappa shape index (κ1) is 21.9. The van der Waals surface area contributed by atoms with Crippen molar-refractivity contribution in [1.29, 1.82) is 0 Å². The van der Waals surface area contributed by atoms with Crippen LogP contribution in [0.25, 0.3) is 0 Å². The average molecular weight is 439 g/mol. The molecule has 0 bridgehead atoms. The third kappa shape index (κ3) is 5.55. The second-order valence-corrected chi connectivity index (χ2v) is 8.80. The van der Waals surface area contributed by atoms with Crippen molar-refractivity contribution in [2.45, 2.75) is 24.8 Å². The molecule has 150 valence electrons. The third-order valence-electron chi connectivity index (χ3n) is 3.61. The quantitative estimate of drug-likeness (QED) is 0.677. The lowest BCUT2D eigenvalue weighted by Gasteiger charge is -2.26. The zero-order valence-corrected chi connectivity index (χ0v) is 17.2. The summed E-state index contributed by atoms with van der Waals surface area (Å²) in [6, 6.07) is 2.12. The van der Waals surface area contributed by atoms with Crippen LogP contribution >= 0.6 is 23.2 Å². The molecule has 0 saturated carbocycles. The highest BCUT2D eigenvalue weighted by molar-refractivity contribution is 7.89. The van der Waals surface area contributed by atoms with E-state index in [0.29, 0.717) is 0 Å². The van der Waals surface area contributed by atoms with Crippen LogP contribution in [0.5, 0.6) is 0 Å².